The molecule has 2 atom stereocenters. The fraction of sp³-hybridized carbons (Fsp3) is 0.500. The minimum Gasteiger partial charge on any atom is -0.336 e. The van der Waals surface area contributed by atoms with Gasteiger partial charge in [-0.2, -0.15) is 18.4 Å². The first-order valence-corrected chi connectivity index (χ1v) is 11.0. The van der Waals surface area contributed by atoms with E-state index in [0.717, 1.165) is 10.6 Å². The zero-order valence-corrected chi connectivity index (χ0v) is 18.4. The maximum atomic E-state index is 14.0. The number of hydrogen-bond donors (Lipinski definition) is 2. The molecule has 2 aromatic rings. The molecule has 0 unspecified atom stereocenters. The molecule has 0 aliphatic heterocycles. The average Bonchev–Trinajstić information content (AvgIpc) is 3.34. The van der Waals surface area contributed by atoms with E-state index in [1.54, 1.807) is 12.1 Å². The number of nitrogens with one attached hydrogen (secondary N) is 2. The van der Waals surface area contributed by atoms with Gasteiger partial charge < -0.3 is 5.32 Å². The molecule has 1 fully saturated rings. The van der Waals surface area contributed by atoms with E-state index in [2.05, 4.69) is 15.6 Å². The van der Waals surface area contributed by atoms with Gasteiger partial charge in [0.1, 0.15) is 11.6 Å². The molecule has 1 saturated carbocycles. The smallest absolute Gasteiger partial charge is 0.336 e. The zero-order chi connectivity index (χ0) is 22.8. The summed E-state index contributed by atoms with van der Waals surface area (Å²) in [7, 11) is 0. The van der Waals surface area contributed by atoms with E-state index in [1.165, 1.54) is 23.5 Å². The Morgan fingerprint density at radius 3 is 2.39 bits per heavy atom. The molecule has 2 N–H and O–H groups in total. The van der Waals surface area contributed by atoms with E-state index in [1.807, 2.05) is 32.2 Å². The van der Waals surface area contributed by atoms with Crippen molar-refractivity contribution < 1.29 is 18.0 Å². The van der Waals surface area contributed by atoms with Crippen molar-refractivity contribution in [1.82, 2.24) is 15.6 Å². The lowest BCUT2D eigenvalue weighted by Gasteiger charge is -2.29. The quantitative estimate of drug-likeness (QED) is 0.600. The molecular formula is C22H25F3N4OS. The molecule has 1 heterocycles. The molecule has 1 amide bonds. The van der Waals surface area contributed by atoms with Gasteiger partial charge in [-0.05, 0) is 37.7 Å². The number of aryl methyl sites for hydroxylation is 1. The van der Waals surface area contributed by atoms with Gasteiger partial charge in [-0.15, -0.1) is 11.3 Å². The SMILES string of the molecule is Cc1nc(-c2ccc([C@H](N[C@@H](CC(C)C)C(=O)NC3(C#N)CC3)C(F)(F)F)cc2)cs1. The maximum Gasteiger partial charge on any atom is 0.407 e. The average molecular weight is 451 g/mol. The Morgan fingerprint density at radius 2 is 1.94 bits per heavy atom. The van der Waals surface area contributed by atoms with Crippen molar-refractivity contribution in [2.45, 2.75) is 63.8 Å². The second kappa shape index (κ2) is 8.97. The monoisotopic (exact) mass is 450 g/mol. The molecule has 31 heavy (non-hydrogen) atoms. The molecule has 1 aliphatic carbocycles. The largest absolute Gasteiger partial charge is 0.407 e. The van der Waals surface area contributed by atoms with Gasteiger partial charge in [0, 0.05) is 10.9 Å². The topological polar surface area (TPSA) is 77.8 Å². The van der Waals surface area contributed by atoms with Crippen LogP contribution in [-0.2, 0) is 4.79 Å². The van der Waals surface area contributed by atoms with Crippen LogP contribution in [0.2, 0.25) is 0 Å². The van der Waals surface area contributed by atoms with Gasteiger partial charge in [0.05, 0.1) is 22.8 Å². The van der Waals surface area contributed by atoms with Crippen LogP contribution in [0.4, 0.5) is 13.2 Å². The molecule has 1 aliphatic rings. The van der Waals surface area contributed by atoms with Crippen molar-refractivity contribution in [2.24, 2.45) is 5.92 Å². The van der Waals surface area contributed by atoms with E-state index < -0.39 is 29.7 Å². The van der Waals surface area contributed by atoms with Gasteiger partial charge in [-0.25, -0.2) is 4.98 Å². The zero-order valence-electron chi connectivity index (χ0n) is 17.6. The number of carbonyl (C=O) groups is 1. The summed E-state index contributed by atoms with van der Waals surface area (Å²) in [5.74, 6) is -0.582. The number of nitriles is 1. The Morgan fingerprint density at radius 1 is 1.29 bits per heavy atom. The predicted molar refractivity (Wildman–Crippen MR) is 113 cm³/mol. The second-order valence-corrected chi connectivity index (χ2v) is 9.44. The highest BCUT2D eigenvalue weighted by molar-refractivity contribution is 7.09. The van der Waals surface area contributed by atoms with E-state index in [-0.39, 0.29) is 17.9 Å². The highest BCUT2D eigenvalue weighted by Gasteiger charge is 2.47. The number of aromatic nitrogens is 1. The van der Waals surface area contributed by atoms with E-state index in [9.17, 15) is 23.2 Å². The molecule has 9 heteroatoms. The van der Waals surface area contributed by atoms with Gasteiger partial charge in [0.15, 0.2) is 0 Å². The molecule has 0 saturated heterocycles. The second-order valence-electron chi connectivity index (χ2n) is 8.38. The lowest BCUT2D eigenvalue weighted by Crippen LogP contribution is -2.52. The van der Waals surface area contributed by atoms with Gasteiger partial charge in [0.25, 0.3) is 0 Å². The summed E-state index contributed by atoms with van der Waals surface area (Å²) >= 11 is 1.47. The fourth-order valence-corrected chi connectivity index (χ4v) is 3.98. The van der Waals surface area contributed by atoms with Crippen LogP contribution in [0.5, 0.6) is 0 Å². The Balaban J connectivity index is 1.83. The van der Waals surface area contributed by atoms with E-state index >= 15 is 0 Å². The van der Waals surface area contributed by atoms with Crippen molar-refractivity contribution in [3.63, 3.8) is 0 Å². The Hall–Kier alpha value is -2.44. The van der Waals surface area contributed by atoms with Crippen LogP contribution < -0.4 is 10.6 Å². The summed E-state index contributed by atoms with van der Waals surface area (Å²) in [5.41, 5.74) is 0.532. The molecule has 166 valence electrons. The van der Waals surface area contributed by atoms with Crippen molar-refractivity contribution in [3.05, 3.63) is 40.2 Å². The molecule has 3 rings (SSSR count). The Kier molecular flexibility index (Phi) is 6.72. The summed E-state index contributed by atoms with van der Waals surface area (Å²) in [6.07, 6.45) is -3.34. The molecule has 5 nitrogen and oxygen atoms in total. The van der Waals surface area contributed by atoms with Crippen LogP contribution in [0.3, 0.4) is 0 Å². The lowest BCUT2D eigenvalue weighted by molar-refractivity contribution is -0.161. The predicted octanol–water partition coefficient (Wildman–Crippen LogP) is 4.90. The van der Waals surface area contributed by atoms with Crippen LogP contribution in [0, 0.1) is 24.2 Å². The van der Waals surface area contributed by atoms with Crippen molar-refractivity contribution >= 4 is 17.2 Å². The van der Waals surface area contributed by atoms with Crippen LogP contribution >= 0.6 is 11.3 Å². The molecular weight excluding hydrogens is 425 g/mol. The molecule has 0 radical (unpaired) electrons. The number of thiazole rings is 1. The number of benzene rings is 1. The maximum absolute atomic E-state index is 14.0. The first-order chi connectivity index (χ1) is 14.5. The summed E-state index contributed by atoms with van der Waals surface area (Å²) in [5, 5.41) is 17.1. The number of alkyl halides is 3. The van der Waals surface area contributed by atoms with Gasteiger partial charge >= 0.3 is 6.18 Å². The first-order valence-electron chi connectivity index (χ1n) is 10.1. The highest BCUT2D eigenvalue weighted by Crippen LogP contribution is 2.36. The van der Waals surface area contributed by atoms with Gasteiger partial charge in [-0.1, -0.05) is 38.1 Å². The molecule has 0 bridgehead atoms. The normalized spacial score (nSPS) is 17.1. The number of nitrogens with zero attached hydrogens (tertiary/aromatic N) is 2. The van der Waals surface area contributed by atoms with Crippen LogP contribution in [-0.4, -0.2) is 28.6 Å². The van der Waals surface area contributed by atoms with E-state index in [4.69, 9.17) is 0 Å². The standard InChI is InChI=1S/C22H25F3N4OS/c1-13(2)10-17(20(30)29-21(12-26)8-9-21)28-19(22(23,24)25)16-6-4-15(5-7-16)18-11-31-14(3)27-18/h4-7,11,13,17,19,28H,8-10H2,1-3H3,(H,29,30)/t17-,19-/m0/s1. The number of amides is 1. The highest BCUT2D eigenvalue weighted by atomic mass is 32.1. The molecule has 1 aromatic heterocycles. The van der Waals surface area contributed by atoms with Crippen molar-refractivity contribution in [2.75, 3.05) is 0 Å². The molecule has 0 spiro atoms. The van der Waals surface area contributed by atoms with Gasteiger partial charge in [-0.3, -0.25) is 10.1 Å². The minimum atomic E-state index is -4.60. The van der Waals surface area contributed by atoms with Crippen LogP contribution in [0.15, 0.2) is 29.6 Å². The van der Waals surface area contributed by atoms with Crippen molar-refractivity contribution in [1.29, 1.82) is 5.26 Å². The fourth-order valence-electron chi connectivity index (χ4n) is 3.36. The number of halogens is 3. The van der Waals surface area contributed by atoms with Crippen LogP contribution in [0.25, 0.3) is 11.3 Å². The summed E-state index contributed by atoms with van der Waals surface area (Å²) < 4.78 is 41.9. The molecule has 1 aromatic carbocycles. The van der Waals surface area contributed by atoms with Crippen molar-refractivity contribution in [3.8, 4) is 17.3 Å². The number of rotatable bonds is 8. The third-order valence-corrected chi connectivity index (χ3v) is 5.98. The Labute approximate surface area is 183 Å². The lowest BCUT2D eigenvalue weighted by atomic mass is 9.98. The third-order valence-electron chi connectivity index (χ3n) is 5.20. The summed E-state index contributed by atoms with van der Waals surface area (Å²) in [4.78, 5) is 17.1. The van der Waals surface area contributed by atoms with E-state index in [0.29, 0.717) is 18.5 Å². The van der Waals surface area contributed by atoms with Gasteiger partial charge in [0.2, 0.25) is 5.91 Å². The summed E-state index contributed by atoms with van der Waals surface area (Å²) in [6, 6.07) is 5.01. The minimum absolute atomic E-state index is 0.00958. The Bertz CT molecular complexity index is 958. The number of hydrogen-bond acceptors (Lipinski definition) is 5. The number of carbonyl (C=O) groups excluding carboxylic acids is 1. The first kappa shape index (κ1) is 23.2. The third kappa shape index (κ3) is 5.83. The van der Waals surface area contributed by atoms with Crippen LogP contribution in [0.1, 0.15) is 49.7 Å². The summed E-state index contributed by atoms with van der Waals surface area (Å²) in [6.45, 7) is 5.54.